The van der Waals surface area contributed by atoms with Gasteiger partial charge in [0, 0.05) is 6.42 Å². The van der Waals surface area contributed by atoms with E-state index in [0.29, 0.717) is 0 Å². The number of hydrogen-bond acceptors (Lipinski definition) is 2. The standard InChI is InChI=1S/C18H21NO2.HI/c1-19(2)9-8-14-10-17(20)18(21)11-15(14)16(12-19)13-6-4-3-5-7-13;/h3-7,10-11,16H,8-9,12H2,1-2H3,(H-,20,21);1H. The summed E-state index contributed by atoms with van der Waals surface area (Å²) in [6.07, 6.45) is 0.916. The Labute approximate surface area is 148 Å². The molecule has 2 aromatic rings. The minimum absolute atomic E-state index is 0. The number of hydrogen-bond donors (Lipinski definition) is 2. The SMILES string of the molecule is C[N+]1(C)CCc2cc(O)c(O)cc2C(c2ccccc2)C1.[I-]. The van der Waals surface area contributed by atoms with Gasteiger partial charge in [0.05, 0.1) is 33.1 Å². The highest BCUT2D eigenvalue weighted by atomic mass is 127. The second-order valence-electron chi connectivity index (χ2n) is 6.59. The third kappa shape index (κ3) is 3.38. The van der Waals surface area contributed by atoms with Gasteiger partial charge in [0.2, 0.25) is 0 Å². The normalized spacial score (nSPS) is 19.6. The number of likely N-dealkylation sites (N-methyl/N-ethyl adjacent to an activating group) is 1. The van der Waals surface area contributed by atoms with Crippen LogP contribution in [0.5, 0.6) is 11.5 Å². The van der Waals surface area contributed by atoms with Crippen molar-refractivity contribution in [3.63, 3.8) is 0 Å². The summed E-state index contributed by atoms with van der Waals surface area (Å²) >= 11 is 0. The van der Waals surface area contributed by atoms with Gasteiger partial charge in [0.1, 0.15) is 0 Å². The number of aromatic hydroxyl groups is 2. The van der Waals surface area contributed by atoms with Gasteiger partial charge in [-0.1, -0.05) is 30.3 Å². The quantitative estimate of drug-likeness (QED) is 0.390. The van der Waals surface area contributed by atoms with Gasteiger partial charge in [0.15, 0.2) is 11.5 Å². The fourth-order valence-electron chi connectivity index (χ4n) is 3.25. The van der Waals surface area contributed by atoms with Crippen LogP contribution in [0.15, 0.2) is 42.5 Å². The Balaban J connectivity index is 0.00000176. The molecule has 0 amide bonds. The Kier molecular flexibility index (Phi) is 5.02. The highest BCUT2D eigenvalue weighted by molar-refractivity contribution is 5.49. The van der Waals surface area contributed by atoms with Crippen LogP contribution in [0.1, 0.15) is 22.6 Å². The summed E-state index contributed by atoms with van der Waals surface area (Å²) in [5.74, 6) is 0.194. The lowest BCUT2D eigenvalue weighted by Gasteiger charge is -2.31. The Hall–Kier alpha value is -1.27. The van der Waals surface area contributed by atoms with Gasteiger partial charge in [-0.15, -0.1) is 0 Å². The maximum atomic E-state index is 9.91. The summed E-state index contributed by atoms with van der Waals surface area (Å²) in [5, 5.41) is 19.7. The molecule has 22 heavy (non-hydrogen) atoms. The third-order valence-corrected chi connectivity index (χ3v) is 4.48. The van der Waals surface area contributed by atoms with Gasteiger partial charge in [-0.2, -0.15) is 0 Å². The van der Waals surface area contributed by atoms with Crippen molar-refractivity contribution in [1.82, 2.24) is 0 Å². The van der Waals surface area contributed by atoms with Gasteiger partial charge in [-0.05, 0) is 28.8 Å². The van der Waals surface area contributed by atoms with Crippen molar-refractivity contribution in [2.75, 3.05) is 27.2 Å². The summed E-state index contributed by atoms with van der Waals surface area (Å²) in [7, 11) is 4.48. The molecule has 1 atom stereocenters. The van der Waals surface area contributed by atoms with E-state index in [4.69, 9.17) is 0 Å². The molecular weight excluding hydrogens is 389 g/mol. The molecule has 118 valence electrons. The molecule has 0 radical (unpaired) electrons. The van der Waals surface area contributed by atoms with E-state index in [2.05, 4.69) is 38.4 Å². The zero-order valence-corrected chi connectivity index (χ0v) is 15.1. The molecule has 0 bridgehead atoms. The van der Waals surface area contributed by atoms with Crippen LogP contribution in [0.4, 0.5) is 0 Å². The lowest BCUT2D eigenvalue weighted by molar-refractivity contribution is -0.890. The molecule has 3 nitrogen and oxygen atoms in total. The number of halogens is 1. The van der Waals surface area contributed by atoms with Crippen LogP contribution in [0.25, 0.3) is 0 Å². The molecule has 1 aliphatic heterocycles. The number of rotatable bonds is 1. The Morgan fingerprint density at radius 1 is 1.00 bits per heavy atom. The molecular formula is C18H22INO2. The first-order valence-electron chi connectivity index (χ1n) is 7.38. The number of phenols is 2. The van der Waals surface area contributed by atoms with E-state index in [0.717, 1.165) is 35.1 Å². The first kappa shape index (κ1) is 17.1. The molecule has 0 saturated carbocycles. The maximum Gasteiger partial charge on any atom is 0.157 e. The first-order chi connectivity index (χ1) is 9.96. The van der Waals surface area contributed by atoms with Crippen molar-refractivity contribution in [2.45, 2.75) is 12.3 Å². The van der Waals surface area contributed by atoms with Crippen LogP contribution < -0.4 is 24.0 Å². The van der Waals surface area contributed by atoms with Gasteiger partial charge >= 0.3 is 0 Å². The number of quaternary nitrogens is 1. The lowest BCUT2D eigenvalue weighted by atomic mass is 9.87. The zero-order valence-electron chi connectivity index (χ0n) is 13.0. The van der Waals surface area contributed by atoms with E-state index in [-0.39, 0.29) is 41.4 Å². The van der Waals surface area contributed by atoms with E-state index in [9.17, 15) is 10.2 Å². The minimum Gasteiger partial charge on any atom is -1.00 e. The molecule has 4 heteroatoms. The molecule has 0 aliphatic carbocycles. The van der Waals surface area contributed by atoms with E-state index in [1.165, 1.54) is 5.56 Å². The largest absolute Gasteiger partial charge is 1.00 e. The van der Waals surface area contributed by atoms with Crippen LogP contribution in [0, 0.1) is 0 Å². The van der Waals surface area contributed by atoms with Gasteiger partial charge in [-0.25, -0.2) is 0 Å². The molecule has 0 saturated heterocycles. The molecule has 0 aromatic heterocycles. The maximum absolute atomic E-state index is 9.91. The molecule has 1 unspecified atom stereocenters. The molecule has 1 aliphatic rings. The molecule has 2 N–H and O–H groups in total. The Morgan fingerprint density at radius 3 is 2.32 bits per heavy atom. The van der Waals surface area contributed by atoms with Crippen LogP contribution in [-0.2, 0) is 6.42 Å². The zero-order chi connectivity index (χ0) is 15.0. The van der Waals surface area contributed by atoms with Gasteiger partial charge < -0.3 is 38.7 Å². The molecule has 1 heterocycles. The fraction of sp³-hybridized carbons (Fsp3) is 0.333. The summed E-state index contributed by atoms with van der Waals surface area (Å²) in [5.41, 5.74) is 3.54. The third-order valence-electron chi connectivity index (χ3n) is 4.48. The highest BCUT2D eigenvalue weighted by Gasteiger charge is 2.31. The summed E-state index contributed by atoms with van der Waals surface area (Å²) in [6.45, 7) is 2.02. The molecule has 0 fully saturated rings. The van der Waals surface area contributed by atoms with Crippen LogP contribution in [0.3, 0.4) is 0 Å². The highest BCUT2D eigenvalue weighted by Crippen LogP contribution is 2.38. The smallest absolute Gasteiger partial charge is 0.157 e. The van der Waals surface area contributed by atoms with E-state index >= 15 is 0 Å². The predicted molar refractivity (Wildman–Crippen MR) is 83.6 cm³/mol. The van der Waals surface area contributed by atoms with Crippen LogP contribution in [0.2, 0.25) is 0 Å². The second kappa shape index (κ2) is 6.46. The number of nitrogens with zero attached hydrogens (tertiary/aromatic N) is 1. The van der Waals surface area contributed by atoms with Gasteiger partial charge in [-0.3, -0.25) is 0 Å². The van der Waals surface area contributed by atoms with Crippen LogP contribution >= 0.6 is 0 Å². The predicted octanol–water partition coefficient (Wildman–Crippen LogP) is -0.134. The van der Waals surface area contributed by atoms with Crippen molar-refractivity contribution in [3.8, 4) is 11.5 Å². The topological polar surface area (TPSA) is 40.5 Å². The van der Waals surface area contributed by atoms with Crippen molar-refractivity contribution < 1.29 is 38.7 Å². The minimum atomic E-state index is -0.0260. The van der Waals surface area contributed by atoms with Crippen molar-refractivity contribution >= 4 is 0 Å². The molecule has 3 rings (SSSR count). The average molecular weight is 411 g/mol. The van der Waals surface area contributed by atoms with E-state index < -0.39 is 0 Å². The number of benzene rings is 2. The van der Waals surface area contributed by atoms with Gasteiger partial charge in [0.25, 0.3) is 0 Å². The second-order valence-corrected chi connectivity index (χ2v) is 6.59. The van der Waals surface area contributed by atoms with Crippen LogP contribution in [-0.4, -0.2) is 41.9 Å². The van der Waals surface area contributed by atoms with Crippen molar-refractivity contribution in [3.05, 3.63) is 59.2 Å². The van der Waals surface area contributed by atoms with E-state index in [1.54, 1.807) is 12.1 Å². The number of phenolic OH excluding ortho intramolecular Hbond substituents is 2. The monoisotopic (exact) mass is 411 g/mol. The summed E-state index contributed by atoms with van der Waals surface area (Å²) in [6, 6.07) is 13.9. The van der Waals surface area contributed by atoms with Crippen molar-refractivity contribution in [1.29, 1.82) is 0 Å². The summed E-state index contributed by atoms with van der Waals surface area (Å²) < 4.78 is 0.926. The Morgan fingerprint density at radius 2 is 1.64 bits per heavy atom. The molecule has 2 aromatic carbocycles. The average Bonchev–Trinajstić information content (AvgIpc) is 2.58. The van der Waals surface area contributed by atoms with Crippen molar-refractivity contribution in [2.24, 2.45) is 0 Å². The lowest BCUT2D eigenvalue weighted by Crippen LogP contribution is -3.00. The number of fused-ring (bicyclic) bond motifs is 1. The van der Waals surface area contributed by atoms with E-state index in [1.807, 2.05) is 6.07 Å². The Bertz CT molecular complexity index is 656. The summed E-state index contributed by atoms with van der Waals surface area (Å²) in [4.78, 5) is 0. The molecule has 0 spiro atoms. The fourth-order valence-corrected chi connectivity index (χ4v) is 3.25. The first-order valence-corrected chi connectivity index (χ1v) is 7.38.